The molecule has 0 fully saturated rings. The molecule has 0 saturated carbocycles. The fourth-order valence-electron chi connectivity index (χ4n) is 1.55. The molecule has 0 atom stereocenters. The van der Waals surface area contributed by atoms with Crippen molar-refractivity contribution < 1.29 is 4.74 Å². The van der Waals surface area contributed by atoms with Crippen LogP contribution in [0, 0.1) is 0 Å². The lowest BCUT2D eigenvalue weighted by molar-refractivity contribution is 0.333. The van der Waals surface area contributed by atoms with Gasteiger partial charge in [0.15, 0.2) is 0 Å². The van der Waals surface area contributed by atoms with E-state index in [1.165, 1.54) is 0 Å². The second-order valence-electron chi connectivity index (χ2n) is 3.86. The molecule has 2 aromatic rings. The van der Waals surface area contributed by atoms with Gasteiger partial charge in [-0.25, -0.2) is 0 Å². The maximum atomic E-state index is 6.00. The number of rotatable bonds is 5. The van der Waals surface area contributed by atoms with E-state index in [1.54, 1.807) is 18.2 Å². The lowest BCUT2D eigenvalue weighted by Gasteiger charge is -2.10. The van der Waals surface area contributed by atoms with E-state index in [9.17, 15) is 0 Å². The summed E-state index contributed by atoms with van der Waals surface area (Å²) >= 11 is 17.7. The molecule has 0 aliphatic heterocycles. The number of ether oxygens (including phenoxy) is 1. The fraction of sp³-hybridized carbons (Fsp3) is 0.143. The maximum Gasteiger partial charge on any atom is 0.138 e. The SMILES string of the molecule is Clc1cccc(NCCOc2ccc(Cl)cc2Cl)c1. The van der Waals surface area contributed by atoms with Crippen molar-refractivity contribution in [2.75, 3.05) is 18.5 Å². The fourth-order valence-corrected chi connectivity index (χ4v) is 2.20. The Kier molecular flexibility index (Phi) is 5.20. The Bertz CT molecular complexity index is 560. The Morgan fingerprint density at radius 2 is 1.74 bits per heavy atom. The first kappa shape index (κ1) is 14.3. The molecule has 0 aliphatic rings. The van der Waals surface area contributed by atoms with E-state index in [-0.39, 0.29) is 0 Å². The van der Waals surface area contributed by atoms with Gasteiger partial charge in [0.1, 0.15) is 12.4 Å². The van der Waals surface area contributed by atoms with Crippen molar-refractivity contribution in [2.24, 2.45) is 0 Å². The summed E-state index contributed by atoms with van der Waals surface area (Å²) in [6, 6.07) is 12.7. The number of anilines is 1. The van der Waals surface area contributed by atoms with Gasteiger partial charge in [-0.2, -0.15) is 0 Å². The highest BCUT2D eigenvalue weighted by Crippen LogP contribution is 2.27. The normalized spacial score (nSPS) is 10.3. The first-order valence-electron chi connectivity index (χ1n) is 5.72. The van der Waals surface area contributed by atoms with Crippen LogP contribution in [0.4, 0.5) is 5.69 Å². The first-order chi connectivity index (χ1) is 9.15. The smallest absolute Gasteiger partial charge is 0.138 e. The molecule has 0 amide bonds. The van der Waals surface area contributed by atoms with Crippen LogP contribution in [0.2, 0.25) is 15.1 Å². The maximum absolute atomic E-state index is 6.00. The Labute approximate surface area is 127 Å². The molecule has 19 heavy (non-hydrogen) atoms. The molecule has 5 heteroatoms. The van der Waals surface area contributed by atoms with Gasteiger partial charge in [0, 0.05) is 22.3 Å². The van der Waals surface area contributed by atoms with E-state index in [4.69, 9.17) is 39.5 Å². The van der Waals surface area contributed by atoms with Gasteiger partial charge in [-0.1, -0.05) is 40.9 Å². The summed E-state index contributed by atoms with van der Waals surface area (Å²) in [5.74, 6) is 0.624. The first-order valence-corrected chi connectivity index (χ1v) is 6.86. The number of halogens is 3. The highest BCUT2D eigenvalue weighted by atomic mass is 35.5. The van der Waals surface area contributed by atoms with Crippen LogP contribution in [0.5, 0.6) is 5.75 Å². The predicted molar refractivity (Wildman–Crippen MR) is 81.9 cm³/mol. The van der Waals surface area contributed by atoms with Crippen molar-refractivity contribution in [1.29, 1.82) is 0 Å². The van der Waals surface area contributed by atoms with Gasteiger partial charge in [0.25, 0.3) is 0 Å². The van der Waals surface area contributed by atoms with Crippen LogP contribution in [0.15, 0.2) is 42.5 Å². The summed E-state index contributed by atoms with van der Waals surface area (Å²) < 4.78 is 5.56. The molecule has 1 N–H and O–H groups in total. The van der Waals surface area contributed by atoms with Crippen LogP contribution in [-0.4, -0.2) is 13.2 Å². The highest BCUT2D eigenvalue weighted by Gasteiger charge is 2.01. The molecule has 0 heterocycles. The standard InChI is InChI=1S/C14H12Cl3NO/c15-10-2-1-3-12(8-10)18-6-7-19-14-5-4-11(16)9-13(14)17/h1-5,8-9,18H,6-7H2. The van der Waals surface area contributed by atoms with Crippen molar-refractivity contribution in [1.82, 2.24) is 0 Å². The lowest BCUT2D eigenvalue weighted by Crippen LogP contribution is -2.11. The lowest BCUT2D eigenvalue weighted by atomic mass is 10.3. The van der Waals surface area contributed by atoms with Gasteiger partial charge in [-0.05, 0) is 36.4 Å². The zero-order valence-electron chi connectivity index (χ0n) is 10.00. The number of hydrogen-bond donors (Lipinski definition) is 1. The molecule has 2 rings (SSSR count). The van der Waals surface area contributed by atoms with Gasteiger partial charge >= 0.3 is 0 Å². The van der Waals surface area contributed by atoms with Crippen LogP contribution in [0.1, 0.15) is 0 Å². The van der Waals surface area contributed by atoms with Gasteiger partial charge in [-0.15, -0.1) is 0 Å². The van der Waals surface area contributed by atoms with Crippen LogP contribution in [-0.2, 0) is 0 Å². The summed E-state index contributed by atoms with van der Waals surface area (Å²) in [5, 5.41) is 5.01. The summed E-state index contributed by atoms with van der Waals surface area (Å²) in [6.45, 7) is 1.15. The molecule has 0 unspecified atom stereocenters. The van der Waals surface area contributed by atoms with E-state index in [0.717, 1.165) is 5.69 Å². The second-order valence-corrected chi connectivity index (χ2v) is 5.14. The average molecular weight is 317 g/mol. The van der Waals surface area contributed by atoms with E-state index in [2.05, 4.69) is 5.32 Å². The molecular weight excluding hydrogens is 305 g/mol. The van der Waals surface area contributed by atoms with Crippen molar-refractivity contribution in [2.45, 2.75) is 0 Å². The predicted octanol–water partition coefficient (Wildman–Crippen LogP) is 5.14. The summed E-state index contributed by atoms with van der Waals surface area (Å²) in [5.41, 5.74) is 0.957. The minimum absolute atomic E-state index is 0.494. The zero-order valence-corrected chi connectivity index (χ0v) is 12.3. The third-order valence-corrected chi connectivity index (χ3v) is 3.17. The Balaban J connectivity index is 1.81. The van der Waals surface area contributed by atoms with Gasteiger partial charge < -0.3 is 10.1 Å². The second kappa shape index (κ2) is 6.90. The molecule has 0 aromatic heterocycles. The quantitative estimate of drug-likeness (QED) is 0.771. The third-order valence-electron chi connectivity index (χ3n) is 2.41. The number of nitrogens with one attached hydrogen (secondary N) is 1. The minimum atomic E-state index is 0.494. The third kappa shape index (κ3) is 4.50. The molecule has 2 nitrogen and oxygen atoms in total. The molecule has 0 aliphatic carbocycles. The molecule has 0 bridgehead atoms. The van der Waals surface area contributed by atoms with Crippen LogP contribution < -0.4 is 10.1 Å². The molecule has 100 valence electrons. The molecule has 0 saturated heterocycles. The van der Waals surface area contributed by atoms with E-state index >= 15 is 0 Å². The monoisotopic (exact) mass is 315 g/mol. The van der Waals surface area contributed by atoms with E-state index < -0.39 is 0 Å². The van der Waals surface area contributed by atoms with Crippen molar-refractivity contribution >= 4 is 40.5 Å². The van der Waals surface area contributed by atoms with Gasteiger partial charge in [0.05, 0.1) is 5.02 Å². The molecule has 0 radical (unpaired) electrons. The average Bonchev–Trinajstić information content (AvgIpc) is 2.37. The molecular formula is C14H12Cl3NO. The van der Waals surface area contributed by atoms with Crippen molar-refractivity contribution in [3.8, 4) is 5.75 Å². The Morgan fingerprint density at radius 3 is 2.47 bits per heavy atom. The minimum Gasteiger partial charge on any atom is -0.490 e. The van der Waals surface area contributed by atoms with Crippen LogP contribution in [0.25, 0.3) is 0 Å². The van der Waals surface area contributed by atoms with Crippen LogP contribution >= 0.6 is 34.8 Å². The van der Waals surface area contributed by atoms with Crippen molar-refractivity contribution in [3.05, 3.63) is 57.5 Å². The molecule has 2 aromatic carbocycles. The van der Waals surface area contributed by atoms with E-state index in [0.29, 0.717) is 34.0 Å². The number of benzene rings is 2. The van der Waals surface area contributed by atoms with Gasteiger partial charge in [0.2, 0.25) is 0 Å². The molecule has 0 spiro atoms. The van der Waals surface area contributed by atoms with Crippen LogP contribution in [0.3, 0.4) is 0 Å². The topological polar surface area (TPSA) is 21.3 Å². The summed E-state index contributed by atoms with van der Waals surface area (Å²) in [7, 11) is 0. The Morgan fingerprint density at radius 1 is 0.947 bits per heavy atom. The summed E-state index contributed by atoms with van der Waals surface area (Å²) in [4.78, 5) is 0. The number of hydrogen-bond acceptors (Lipinski definition) is 2. The Hall–Kier alpha value is -1.09. The largest absolute Gasteiger partial charge is 0.490 e. The zero-order chi connectivity index (χ0) is 13.7. The van der Waals surface area contributed by atoms with Gasteiger partial charge in [-0.3, -0.25) is 0 Å². The highest BCUT2D eigenvalue weighted by molar-refractivity contribution is 6.35. The van der Waals surface area contributed by atoms with E-state index in [1.807, 2.05) is 24.3 Å². The van der Waals surface area contributed by atoms with Crippen molar-refractivity contribution in [3.63, 3.8) is 0 Å². The summed E-state index contributed by atoms with van der Waals surface area (Å²) in [6.07, 6.45) is 0.